The Morgan fingerprint density at radius 3 is 2.86 bits per heavy atom. The third kappa shape index (κ3) is 2.99. The molecule has 3 aromatic rings. The lowest BCUT2D eigenvalue weighted by Gasteiger charge is -2.00. The molecule has 0 aliphatic rings. The van der Waals surface area contributed by atoms with Gasteiger partial charge in [-0.2, -0.15) is 16.6 Å². The summed E-state index contributed by atoms with van der Waals surface area (Å²) in [4.78, 5) is 20.8. The Hall–Kier alpha value is -2.27. The largest absolute Gasteiger partial charge is 0.298 e. The molecule has 5 nitrogen and oxygen atoms in total. The van der Waals surface area contributed by atoms with E-state index >= 15 is 0 Å². The van der Waals surface area contributed by atoms with Gasteiger partial charge in [-0.1, -0.05) is 22.9 Å². The second-order valence-electron chi connectivity index (χ2n) is 4.14. The number of nitriles is 1. The number of halogens is 1. The number of amides is 1. The molecule has 3 aromatic heterocycles. The number of thiophene rings is 1. The lowest BCUT2D eigenvalue weighted by atomic mass is 10.2. The Balaban J connectivity index is 1.86. The lowest BCUT2D eigenvalue weighted by molar-refractivity contribution is 0.102. The molecule has 0 spiro atoms. The number of rotatable bonds is 3. The molecular weight excluding hydrogens is 340 g/mol. The number of hydrogen-bond acceptors (Lipinski definition) is 6. The highest BCUT2D eigenvalue weighted by molar-refractivity contribution is 7.16. The first-order valence-electron chi connectivity index (χ1n) is 6.04. The summed E-state index contributed by atoms with van der Waals surface area (Å²) >= 11 is 8.35. The Morgan fingerprint density at radius 1 is 1.36 bits per heavy atom. The fourth-order valence-electron chi connectivity index (χ4n) is 1.72. The van der Waals surface area contributed by atoms with Gasteiger partial charge in [0.15, 0.2) is 5.13 Å². The topological polar surface area (TPSA) is 78.7 Å². The van der Waals surface area contributed by atoms with Crippen LogP contribution < -0.4 is 5.32 Å². The maximum Gasteiger partial charge on any atom is 0.259 e. The maximum atomic E-state index is 12.1. The minimum atomic E-state index is -0.348. The first-order valence-corrected chi connectivity index (χ1v) is 8.17. The van der Waals surface area contributed by atoms with Crippen LogP contribution in [0.1, 0.15) is 15.2 Å². The van der Waals surface area contributed by atoms with Crippen LogP contribution in [0.3, 0.4) is 0 Å². The van der Waals surface area contributed by atoms with E-state index in [1.54, 1.807) is 6.07 Å². The molecule has 3 rings (SSSR count). The van der Waals surface area contributed by atoms with Gasteiger partial charge < -0.3 is 0 Å². The molecular formula is C14H7ClN4OS2. The zero-order valence-corrected chi connectivity index (χ0v) is 13.3. The molecule has 3 heterocycles. The van der Waals surface area contributed by atoms with Crippen molar-refractivity contribution in [2.24, 2.45) is 0 Å². The number of aromatic nitrogens is 2. The molecule has 0 fully saturated rings. The van der Waals surface area contributed by atoms with Crippen molar-refractivity contribution in [3.8, 4) is 17.3 Å². The number of nitrogens with zero attached hydrogens (tertiary/aromatic N) is 3. The van der Waals surface area contributed by atoms with Gasteiger partial charge in [-0.15, -0.1) is 0 Å². The van der Waals surface area contributed by atoms with Crippen molar-refractivity contribution < 1.29 is 4.79 Å². The van der Waals surface area contributed by atoms with Crippen LogP contribution in [0, 0.1) is 11.3 Å². The highest BCUT2D eigenvalue weighted by Gasteiger charge is 2.15. The molecule has 1 N–H and O–H groups in total. The highest BCUT2D eigenvalue weighted by atomic mass is 35.5. The average Bonchev–Trinajstić information content (AvgIpc) is 3.16. The van der Waals surface area contributed by atoms with Gasteiger partial charge in [0, 0.05) is 17.1 Å². The van der Waals surface area contributed by atoms with Gasteiger partial charge in [0.2, 0.25) is 0 Å². The molecule has 0 unspecified atom stereocenters. The smallest absolute Gasteiger partial charge is 0.259 e. The number of nitrogens with one attached hydrogen (secondary N) is 1. The van der Waals surface area contributed by atoms with Crippen LogP contribution >= 0.6 is 34.3 Å². The van der Waals surface area contributed by atoms with E-state index in [0.29, 0.717) is 26.4 Å². The fraction of sp³-hybridized carbons (Fsp3) is 0. The molecule has 0 saturated carbocycles. The predicted octanol–water partition coefficient (Wildman–Crippen LogP) is 4.04. The molecule has 0 radical (unpaired) electrons. The molecule has 108 valence electrons. The summed E-state index contributed by atoms with van der Waals surface area (Å²) < 4.78 is 0. The summed E-state index contributed by atoms with van der Waals surface area (Å²) in [5.41, 5.74) is 1.82. The van der Waals surface area contributed by atoms with Crippen LogP contribution in [0.5, 0.6) is 0 Å². The third-order valence-corrected chi connectivity index (χ3v) is 4.52. The van der Waals surface area contributed by atoms with Crippen LogP contribution in [0.4, 0.5) is 5.13 Å². The van der Waals surface area contributed by atoms with Gasteiger partial charge in [-0.05, 0) is 23.6 Å². The minimum Gasteiger partial charge on any atom is -0.298 e. The molecule has 0 atom stereocenters. The summed E-state index contributed by atoms with van der Waals surface area (Å²) in [6.45, 7) is 0. The van der Waals surface area contributed by atoms with Crippen molar-refractivity contribution in [2.45, 2.75) is 0 Å². The first kappa shape index (κ1) is 14.7. The van der Waals surface area contributed by atoms with E-state index in [0.717, 1.165) is 16.9 Å². The Bertz CT molecular complexity index is 850. The normalized spacial score (nSPS) is 10.2. The zero-order chi connectivity index (χ0) is 15.5. The van der Waals surface area contributed by atoms with Crippen molar-refractivity contribution >= 4 is 45.3 Å². The summed E-state index contributed by atoms with van der Waals surface area (Å²) in [6, 6.07) is 7.10. The van der Waals surface area contributed by atoms with E-state index in [9.17, 15) is 10.1 Å². The number of carbonyl (C=O) groups excluding carboxylic acids is 1. The first-order chi connectivity index (χ1) is 10.7. The number of carbonyl (C=O) groups is 1. The standard InChI is InChI=1S/C14H7ClN4OS2/c15-11-2-1-8(6-17-11)13(20)19-14-18-12(10(5-16)22-14)9-3-4-21-7-9/h1-4,6-7H,(H,18,19,20). The predicted molar refractivity (Wildman–Crippen MR) is 87.3 cm³/mol. The Kier molecular flexibility index (Phi) is 4.15. The molecule has 1 amide bonds. The maximum absolute atomic E-state index is 12.1. The highest BCUT2D eigenvalue weighted by Crippen LogP contribution is 2.31. The van der Waals surface area contributed by atoms with Gasteiger partial charge in [-0.25, -0.2) is 9.97 Å². The van der Waals surface area contributed by atoms with Gasteiger partial charge >= 0.3 is 0 Å². The molecule has 22 heavy (non-hydrogen) atoms. The quantitative estimate of drug-likeness (QED) is 0.726. The number of hydrogen-bond donors (Lipinski definition) is 1. The monoisotopic (exact) mass is 346 g/mol. The van der Waals surface area contributed by atoms with Gasteiger partial charge in [0.05, 0.1) is 5.56 Å². The SMILES string of the molecule is N#Cc1sc(NC(=O)c2ccc(Cl)nc2)nc1-c1ccsc1. The van der Waals surface area contributed by atoms with Crippen LogP contribution in [-0.4, -0.2) is 15.9 Å². The Labute approximate surface area is 138 Å². The van der Waals surface area contributed by atoms with E-state index < -0.39 is 0 Å². The van der Waals surface area contributed by atoms with Crippen molar-refractivity contribution in [3.63, 3.8) is 0 Å². The van der Waals surface area contributed by atoms with Gasteiger partial charge in [0.1, 0.15) is 21.8 Å². The lowest BCUT2D eigenvalue weighted by Crippen LogP contribution is -2.11. The molecule has 0 aliphatic heterocycles. The average molecular weight is 347 g/mol. The van der Waals surface area contributed by atoms with Crippen molar-refractivity contribution in [2.75, 3.05) is 5.32 Å². The van der Waals surface area contributed by atoms with E-state index in [1.807, 2.05) is 16.8 Å². The summed E-state index contributed by atoms with van der Waals surface area (Å²) in [5.74, 6) is -0.348. The second-order valence-corrected chi connectivity index (χ2v) is 6.31. The number of anilines is 1. The van der Waals surface area contributed by atoms with Gasteiger partial charge in [0.25, 0.3) is 5.91 Å². The third-order valence-electron chi connectivity index (χ3n) is 2.73. The van der Waals surface area contributed by atoms with Crippen molar-refractivity contribution in [1.29, 1.82) is 5.26 Å². The van der Waals surface area contributed by atoms with E-state index in [4.69, 9.17) is 11.6 Å². The van der Waals surface area contributed by atoms with Crippen LogP contribution in [0.15, 0.2) is 35.2 Å². The van der Waals surface area contributed by atoms with Gasteiger partial charge in [-0.3, -0.25) is 10.1 Å². The molecule has 0 saturated heterocycles. The van der Waals surface area contributed by atoms with Crippen LogP contribution in [-0.2, 0) is 0 Å². The second kappa shape index (κ2) is 6.23. The van der Waals surface area contributed by atoms with Crippen LogP contribution in [0.2, 0.25) is 5.15 Å². The fourth-order valence-corrected chi connectivity index (χ4v) is 3.26. The Morgan fingerprint density at radius 2 is 2.23 bits per heavy atom. The molecule has 0 aliphatic carbocycles. The van der Waals surface area contributed by atoms with Crippen LogP contribution in [0.25, 0.3) is 11.3 Å². The van der Waals surface area contributed by atoms with E-state index in [1.165, 1.54) is 23.6 Å². The van der Waals surface area contributed by atoms with E-state index in [-0.39, 0.29) is 5.91 Å². The number of thiazole rings is 1. The molecule has 0 bridgehead atoms. The molecule has 8 heteroatoms. The number of pyridine rings is 1. The minimum absolute atomic E-state index is 0.317. The van der Waals surface area contributed by atoms with Crippen molar-refractivity contribution in [1.82, 2.24) is 9.97 Å². The van der Waals surface area contributed by atoms with E-state index in [2.05, 4.69) is 21.4 Å². The summed E-state index contributed by atoms with van der Waals surface area (Å²) in [6.07, 6.45) is 1.39. The summed E-state index contributed by atoms with van der Waals surface area (Å²) in [7, 11) is 0. The van der Waals surface area contributed by atoms with Crippen molar-refractivity contribution in [3.05, 3.63) is 50.7 Å². The zero-order valence-electron chi connectivity index (χ0n) is 10.9. The molecule has 0 aromatic carbocycles. The summed E-state index contributed by atoms with van der Waals surface area (Å²) in [5, 5.41) is 16.4.